The highest BCUT2D eigenvalue weighted by Crippen LogP contribution is 2.44. The van der Waals surface area contributed by atoms with Gasteiger partial charge in [0, 0.05) is 5.69 Å². The van der Waals surface area contributed by atoms with E-state index in [2.05, 4.69) is 5.32 Å². The van der Waals surface area contributed by atoms with Gasteiger partial charge in [0.05, 0.1) is 24.0 Å². The summed E-state index contributed by atoms with van der Waals surface area (Å²) in [6, 6.07) is 4.40. The molecule has 2 fully saturated rings. The molecule has 5 nitrogen and oxygen atoms in total. The molecule has 0 aliphatic carbocycles. The van der Waals surface area contributed by atoms with Gasteiger partial charge >= 0.3 is 5.97 Å². The fraction of sp³-hybridized carbons (Fsp3) is 0.467. The molecule has 1 amide bonds. The third-order valence-corrected chi connectivity index (χ3v) is 4.30. The number of amides is 1. The van der Waals surface area contributed by atoms with Crippen LogP contribution in [0.25, 0.3) is 0 Å². The van der Waals surface area contributed by atoms with Crippen molar-refractivity contribution in [2.45, 2.75) is 32.0 Å². The van der Waals surface area contributed by atoms with Crippen molar-refractivity contribution < 1.29 is 23.8 Å². The Balaban J connectivity index is 1.78. The lowest BCUT2D eigenvalue weighted by atomic mass is 9.78. The molecule has 1 aromatic carbocycles. The Morgan fingerprint density at radius 3 is 2.57 bits per heavy atom. The molecule has 1 aromatic rings. The first kappa shape index (κ1) is 14.0. The van der Waals surface area contributed by atoms with Crippen LogP contribution in [-0.2, 0) is 14.3 Å². The number of halogens is 1. The van der Waals surface area contributed by atoms with Crippen LogP contribution in [0.3, 0.4) is 0 Å². The van der Waals surface area contributed by atoms with Crippen LogP contribution in [0.5, 0.6) is 0 Å². The van der Waals surface area contributed by atoms with E-state index in [0.29, 0.717) is 24.1 Å². The number of fused-ring (bicyclic) bond motifs is 2. The topological polar surface area (TPSA) is 75.6 Å². The lowest BCUT2D eigenvalue weighted by Gasteiger charge is -2.23. The second-order valence-electron chi connectivity index (χ2n) is 5.63. The standard InChI is InChI=1S/C15H16FNO4/c1-7-2-3-8(6-9(7)16)17-14(18)12-10-4-5-11(21-10)13(12)15(19)20/h2-3,6,10-13H,4-5H2,1H3,(H,17,18)(H,19,20)/t10-,11+,12+,13-/m0/s1. The normalized spacial score (nSPS) is 30.4. The first-order valence-corrected chi connectivity index (χ1v) is 6.92. The van der Waals surface area contributed by atoms with Gasteiger partial charge in [-0.2, -0.15) is 0 Å². The average Bonchev–Trinajstić information content (AvgIpc) is 3.03. The van der Waals surface area contributed by atoms with Gasteiger partial charge in [0.2, 0.25) is 5.91 Å². The molecule has 3 rings (SSSR count). The molecule has 2 heterocycles. The van der Waals surface area contributed by atoms with E-state index in [0.717, 1.165) is 0 Å². The predicted molar refractivity (Wildman–Crippen MR) is 72.3 cm³/mol. The predicted octanol–water partition coefficient (Wildman–Crippen LogP) is 1.95. The quantitative estimate of drug-likeness (QED) is 0.893. The summed E-state index contributed by atoms with van der Waals surface area (Å²) in [4.78, 5) is 23.7. The number of hydrogen-bond donors (Lipinski definition) is 2. The molecule has 4 atom stereocenters. The van der Waals surface area contributed by atoms with E-state index in [-0.39, 0.29) is 6.10 Å². The van der Waals surface area contributed by atoms with Crippen LogP contribution in [0.15, 0.2) is 18.2 Å². The molecule has 2 saturated heterocycles. The highest BCUT2D eigenvalue weighted by atomic mass is 19.1. The number of carbonyl (C=O) groups is 2. The SMILES string of the molecule is Cc1ccc(NC(=O)[C@H]2[C@@H](C(=O)O)[C@H]3CC[C@@H]2O3)cc1F. The molecule has 2 N–H and O–H groups in total. The number of rotatable bonds is 3. The fourth-order valence-corrected chi connectivity index (χ4v) is 3.22. The molecule has 6 heteroatoms. The number of benzene rings is 1. The number of carboxylic acid groups (broad SMARTS) is 1. The Morgan fingerprint density at radius 2 is 1.95 bits per heavy atom. The minimum atomic E-state index is -1.02. The maximum absolute atomic E-state index is 13.5. The van der Waals surface area contributed by atoms with Gasteiger partial charge in [-0.1, -0.05) is 6.07 Å². The maximum atomic E-state index is 13.5. The van der Waals surface area contributed by atoms with E-state index in [4.69, 9.17) is 4.74 Å². The maximum Gasteiger partial charge on any atom is 0.310 e. The third-order valence-electron chi connectivity index (χ3n) is 4.30. The molecule has 0 unspecified atom stereocenters. The number of carbonyl (C=O) groups excluding carboxylic acids is 1. The molecule has 21 heavy (non-hydrogen) atoms. The zero-order valence-corrected chi connectivity index (χ0v) is 11.5. The first-order chi connectivity index (χ1) is 9.97. The van der Waals surface area contributed by atoms with Crippen LogP contribution in [0.2, 0.25) is 0 Å². The van der Waals surface area contributed by atoms with Crippen LogP contribution < -0.4 is 5.32 Å². The zero-order valence-electron chi connectivity index (χ0n) is 11.5. The van der Waals surface area contributed by atoms with Crippen molar-refractivity contribution in [3.63, 3.8) is 0 Å². The van der Waals surface area contributed by atoms with Gasteiger partial charge < -0.3 is 15.2 Å². The van der Waals surface area contributed by atoms with Crippen LogP contribution in [-0.4, -0.2) is 29.2 Å². The summed E-state index contributed by atoms with van der Waals surface area (Å²) in [6.07, 6.45) is 0.615. The van der Waals surface area contributed by atoms with Crippen molar-refractivity contribution >= 4 is 17.6 Å². The molecular weight excluding hydrogens is 277 g/mol. The van der Waals surface area contributed by atoms with Crippen molar-refractivity contribution in [3.8, 4) is 0 Å². The summed E-state index contributed by atoms with van der Waals surface area (Å²) >= 11 is 0. The van der Waals surface area contributed by atoms with E-state index in [1.165, 1.54) is 6.07 Å². The lowest BCUT2D eigenvalue weighted by molar-refractivity contribution is -0.147. The molecule has 0 spiro atoms. The Bertz CT molecular complexity index is 603. The fourth-order valence-electron chi connectivity index (χ4n) is 3.22. The number of anilines is 1. The van der Waals surface area contributed by atoms with Gasteiger partial charge in [0.15, 0.2) is 0 Å². The summed E-state index contributed by atoms with van der Waals surface area (Å²) in [5, 5.41) is 11.9. The number of aryl methyl sites for hydroxylation is 1. The average molecular weight is 293 g/mol. The van der Waals surface area contributed by atoms with E-state index < -0.39 is 35.6 Å². The number of aliphatic carboxylic acids is 1. The molecular formula is C15H16FNO4. The Morgan fingerprint density at radius 1 is 1.29 bits per heavy atom. The monoisotopic (exact) mass is 293 g/mol. The second kappa shape index (κ2) is 5.11. The van der Waals surface area contributed by atoms with E-state index in [9.17, 15) is 19.1 Å². The largest absolute Gasteiger partial charge is 0.481 e. The molecule has 0 aromatic heterocycles. The van der Waals surface area contributed by atoms with Crippen LogP contribution in [0, 0.1) is 24.6 Å². The minimum absolute atomic E-state index is 0.329. The van der Waals surface area contributed by atoms with E-state index in [1.54, 1.807) is 19.1 Å². The van der Waals surface area contributed by atoms with Crippen molar-refractivity contribution in [1.82, 2.24) is 0 Å². The van der Waals surface area contributed by atoms with Crippen molar-refractivity contribution in [2.75, 3.05) is 5.32 Å². The van der Waals surface area contributed by atoms with Gasteiger partial charge in [0.1, 0.15) is 5.82 Å². The third kappa shape index (κ3) is 2.40. The second-order valence-corrected chi connectivity index (χ2v) is 5.63. The smallest absolute Gasteiger partial charge is 0.310 e. The molecule has 2 aliphatic heterocycles. The number of ether oxygens (including phenoxy) is 1. The van der Waals surface area contributed by atoms with E-state index in [1.807, 2.05) is 0 Å². The van der Waals surface area contributed by atoms with Gasteiger partial charge in [-0.25, -0.2) is 4.39 Å². The minimum Gasteiger partial charge on any atom is -0.481 e. The molecule has 0 radical (unpaired) electrons. The summed E-state index contributed by atoms with van der Waals surface area (Å²) in [6.45, 7) is 1.63. The molecule has 0 saturated carbocycles. The number of hydrogen-bond acceptors (Lipinski definition) is 3. The molecule has 2 bridgehead atoms. The highest BCUT2D eigenvalue weighted by Gasteiger charge is 2.55. The Kier molecular flexibility index (Phi) is 3.41. The van der Waals surface area contributed by atoms with Crippen LogP contribution >= 0.6 is 0 Å². The van der Waals surface area contributed by atoms with Gasteiger partial charge in [-0.3, -0.25) is 9.59 Å². The van der Waals surface area contributed by atoms with Crippen molar-refractivity contribution in [3.05, 3.63) is 29.6 Å². The van der Waals surface area contributed by atoms with Crippen molar-refractivity contribution in [1.29, 1.82) is 0 Å². The van der Waals surface area contributed by atoms with Gasteiger partial charge in [-0.05, 0) is 37.5 Å². The Hall–Kier alpha value is -1.95. The van der Waals surface area contributed by atoms with Gasteiger partial charge in [0.25, 0.3) is 0 Å². The van der Waals surface area contributed by atoms with E-state index >= 15 is 0 Å². The summed E-state index contributed by atoms with van der Waals surface area (Å²) < 4.78 is 19.0. The summed E-state index contributed by atoms with van der Waals surface area (Å²) in [5.74, 6) is -3.38. The Labute approximate surface area is 121 Å². The number of nitrogens with one attached hydrogen (secondary N) is 1. The lowest BCUT2D eigenvalue weighted by Crippen LogP contribution is -2.40. The molecule has 112 valence electrons. The van der Waals surface area contributed by atoms with Crippen LogP contribution in [0.1, 0.15) is 18.4 Å². The number of carboxylic acids is 1. The summed E-state index contributed by atoms with van der Waals surface area (Å²) in [5.41, 5.74) is 0.815. The first-order valence-electron chi connectivity index (χ1n) is 6.92. The zero-order chi connectivity index (χ0) is 15.1. The van der Waals surface area contributed by atoms with Gasteiger partial charge in [-0.15, -0.1) is 0 Å². The van der Waals surface area contributed by atoms with Crippen LogP contribution in [0.4, 0.5) is 10.1 Å². The highest BCUT2D eigenvalue weighted by molar-refractivity contribution is 5.96. The van der Waals surface area contributed by atoms with Crippen molar-refractivity contribution in [2.24, 2.45) is 11.8 Å². The molecule has 2 aliphatic rings. The summed E-state index contributed by atoms with van der Waals surface area (Å²) in [7, 11) is 0.